The van der Waals surface area contributed by atoms with E-state index in [1.807, 2.05) is 54.6 Å². The number of carbonyl (C=O) groups excluding carboxylic acids is 1. The second kappa shape index (κ2) is 8.85. The van der Waals surface area contributed by atoms with E-state index in [1.165, 1.54) is 4.52 Å². The maximum absolute atomic E-state index is 13.7. The molecule has 0 fully saturated rings. The van der Waals surface area contributed by atoms with E-state index in [0.29, 0.717) is 38.0 Å². The molecule has 5 aromatic rings. The van der Waals surface area contributed by atoms with Crippen molar-refractivity contribution >= 4 is 61.0 Å². The Kier molecular flexibility index (Phi) is 5.63. The van der Waals surface area contributed by atoms with Crippen LogP contribution >= 0.6 is 38.9 Å². The van der Waals surface area contributed by atoms with Gasteiger partial charge in [0.05, 0.1) is 24.9 Å². The number of nitrogens with zero attached hydrogens (tertiary/aromatic N) is 4. The Morgan fingerprint density at radius 3 is 2.47 bits per heavy atom. The average Bonchev–Trinajstić information content (AvgIpc) is 3.51. The lowest BCUT2D eigenvalue weighted by molar-refractivity contribution is -0.113. The van der Waals surface area contributed by atoms with Crippen molar-refractivity contribution in [3.8, 4) is 17.1 Å². The molecule has 0 N–H and O–H groups in total. The maximum Gasteiger partial charge on any atom is 0.291 e. The molecule has 0 unspecified atom stereocenters. The molecular weight excluding hydrogens is 564 g/mol. The molecule has 10 heteroatoms. The number of thiazole rings is 1. The first-order chi connectivity index (χ1) is 17.4. The third-order valence-corrected chi connectivity index (χ3v) is 7.74. The number of ether oxygens (including phenoxy) is 1. The zero-order chi connectivity index (χ0) is 25.0. The van der Waals surface area contributed by atoms with Crippen LogP contribution in [-0.2, 0) is 11.3 Å². The van der Waals surface area contributed by atoms with E-state index in [-0.39, 0.29) is 11.5 Å². The van der Waals surface area contributed by atoms with Crippen molar-refractivity contribution in [1.29, 1.82) is 0 Å². The summed E-state index contributed by atoms with van der Waals surface area (Å²) in [5.74, 6) is 0.911. The Balaban J connectivity index is 1.48. The van der Waals surface area contributed by atoms with Crippen molar-refractivity contribution in [3.05, 3.63) is 102 Å². The lowest BCUT2D eigenvalue weighted by atomic mass is 10.1. The van der Waals surface area contributed by atoms with Crippen molar-refractivity contribution in [2.75, 3.05) is 12.0 Å². The Hall–Kier alpha value is -3.53. The molecule has 3 aromatic carbocycles. The number of carbonyl (C=O) groups is 1. The third-order valence-electron chi connectivity index (χ3n) is 5.96. The minimum absolute atomic E-state index is 0.241. The van der Waals surface area contributed by atoms with Gasteiger partial charge in [-0.05, 0) is 60.2 Å². The molecule has 3 heterocycles. The quantitative estimate of drug-likeness (QED) is 0.308. The molecule has 6 rings (SSSR count). The highest BCUT2D eigenvalue weighted by molar-refractivity contribution is 9.10. The first kappa shape index (κ1) is 22.9. The van der Waals surface area contributed by atoms with Crippen LogP contribution in [0.1, 0.15) is 11.1 Å². The summed E-state index contributed by atoms with van der Waals surface area (Å²) in [5.41, 5.74) is 3.11. The number of rotatable bonds is 4. The Labute approximate surface area is 222 Å². The lowest BCUT2D eigenvalue weighted by Crippen LogP contribution is -2.32. The fourth-order valence-corrected chi connectivity index (χ4v) is 5.68. The molecule has 0 spiro atoms. The second-order valence-corrected chi connectivity index (χ2v) is 10.5. The zero-order valence-corrected chi connectivity index (χ0v) is 21.9. The van der Waals surface area contributed by atoms with Crippen molar-refractivity contribution in [2.45, 2.75) is 6.54 Å². The van der Waals surface area contributed by atoms with Crippen LogP contribution in [0.15, 0.2) is 76.0 Å². The third kappa shape index (κ3) is 3.80. The van der Waals surface area contributed by atoms with E-state index in [4.69, 9.17) is 16.3 Å². The Morgan fingerprint density at radius 1 is 1.03 bits per heavy atom. The molecule has 1 amide bonds. The van der Waals surface area contributed by atoms with Crippen LogP contribution in [0, 0.1) is 0 Å². The van der Waals surface area contributed by atoms with Gasteiger partial charge in [-0.15, -0.1) is 5.10 Å². The van der Waals surface area contributed by atoms with Gasteiger partial charge in [0.2, 0.25) is 4.96 Å². The normalized spacial score (nSPS) is 14.5. The molecule has 2 aromatic heterocycles. The highest BCUT2D eigenvalue weighted by atomic mass is 79.9. The van der Waals surface area contributed by atoms with Gasteiger partial charge in [-0.25, -0.2) is 0 Å². The number of aromatic nitrogens is 3. The summed E-state index contributed by atoms with van der Waals surface area (Å²) >= 11 is 10.7. The van der Waals surface area contributed by atoms with Crippen LogP contribution in [0.5, 0.6) is 5.75 Å². The van der Waals surface area contributed by atoms with E-state index in [0.717, 1.165) is 38.4 Å². The molecule has 1 aliphatic heterocycles. The summed E-state index contributed by atoms with van der Waals surface area (Å²) in [4.78, 5) is 33.8. The molecule has 0 radical (unpaired) electrons. The van der Waals surface area contributed by atoms with Gasteiger partial charge in [0.1, 0.15) is 10.3 Å². The van der Waals surface area contributed by atoms with Crippen molar-refractivity contribution in [3.63, 3.8) is 0 Å². The number of amides is 1. The van der Waals surface area contributed by atoms with Crippen LogP contribution in [0.25, 0.3) is 21.9 Å². The zero-order valence-electron chi connectivity index (χ0n) is 18.7. The second-order valence-electron chi connectivity index (χ2n) is 8.15. The Bertz CT molecular complexity index is 1760. The summed E-state index contributed by atoms with van der Waals surface area (Å²) in [6.07, 6.45) is 0. The predicted octanol–water partition coefficient (Wildman–Crippen LogP) is 4.71. The molecule has 0 atom stereocenters. The fourth-order valence-electron chi connectivity index (χ4n) is 4.20. The largest absolute Gasteiger partial charge is 0.497 e. The van der Waals surface area contributed by atoms with E-state index >= 15 is 0 Å². The number of anilines is 1. The molecule has 0 saturated carbocycles. The van der Waals surface area contributed by atoms with Crippen molar-refractivity contribution in [1.82, 2.24) is 14.6 Å². The number of methoxy groups -OCH3 is 1. The van der Waals surface area contributed by atoms with Crippen LogP contribution in [-0.4, -0.2) is 27.6 Å². The smallest absolute Gasteiger partial charge is 0.291 e. The van der Waals surface area contributed by atoms with Crippen LogP contribution in [0.4, 0.5) is 5.69 Å². The van der Waals surface area contributed by atoms with E-state index < -0.39 is 0 Å². The topological polar surface area (TPSA) is 76.8 Å². The molecule has 36 heavy (non-hydrogen) atoms. The van der Waals surface area contributed by atoms with Crippen LogP contribution in [0.3, 0.4) is 0 Å². The predicted molar refractivity (Wildman–Crippen MR) is 144 cm³/mol. The first-order valence-electron chi connectivity index (χ1n) is 10.9. The molecule has 178 valence electrons. The molecule has 0 aliphatic carbocycles. The van der Waals surface area contributed by atoms with Gasteiger partial charge in [-0.2, -0.15) is 9.50 Å². The highest BCUT2D eigenvalue weighted by Crippen LogP contribution is 2.38. The fraction of sp³-hybridized carbons (Fsp3) is 0.0769. The summed E-state index contributed by atoms with van der Waals surface area (Å²) in [6, 6.07) is 20.3. The van der Waals surface area contributed by atoms with Gasteiger partial charge in [0, 0.05) is 20.6 Å². The summed E-state index contributed by atoms with van der Waals surface area (Å²) in [6.45, 7) is 0.352. The minimum atomic E-state index is -0.370. The van der Waals surface area contributed by atoms with Gasteiger partial charge in [-0.1, -0.05) is 51.0 Å². The molecule has 1 aliphatic rings. The highest BCUT2D eigenvalue weighted by Gasteiger charge is 2.34. The van der Waals surface area contributed by atoms with E-state index in [9.17, 15) is 9.59 Å². The van der Waals surface area contributed by atoms with Crippen LogP contribution < -0.4 is 19.7 Å². The summed E-state index contributed by atoms with van der Waals surface area (Å²) in [5, 5.41) is 5.05. The molecule has 0 saturated heterocycles. The average molecular weight is 580 g/mol. The van der Waals surface area contributed by atoms with Crippen LogP contribution in [0.2, 0.25) is 5.02 Å². The van der Waals surface area contributed by atoms with Gasteiger partial charge < -0.3 is 9.64 Å². The standard InChI is InChI=1S/C26H16BrClN4O3S/c1-35-18-9-4-15(5-10-18)23-29-26-32(30-23)25(34)22(36-26)21-19-12-16(27)6-11-20(19)31(24(21)33)13-14-2-7-17(28)8-3-14/h2-12H,13H2,1H3. The number of hydrogen-bond donors (Lipinski definition) is 0. The number of hydrogen-bond acceptors (Lipinski definition) is 6. The van der Waals surface area contributed by atoms with E-state index in [1.54, 1.807) is 24.1 Å². The minimum Gasteiger partial charge on any atom is -0.497 e. The molecule has 7 nitrogen and oxygen atoms in total. The van der Waals surface area contributed by atoms with Gasteiger partial charge >= 0.3 is 0 Å². The SMILES string of the molecule is COc1ccc(-c2nc3sc(=C4C(=O)N(Cc5ccc(Cl)cc5)c5ccc(Br)cc54)c(=O)n3n2)cc1. The number of benzene rings is 3. The molecule has 0 bridgehead atoms. The van der Waals surface area contributed by atoms with Gasteiger partial charge in [-0.3, -0.25) is 9.59 Å². The lowest BCUT2D eigenvalue weighted by Gasteiger charge is -2.17. The number of fused-ring (bicyclic) bond motifs is 2. The first-order valence-corrected chi connectivity index (χ1v) is 12.9. The molecular formula is C26H16BrClN4O3S. The monoisotopic (exact) mass is 578 g/mol. The van der Waals surface area contributed by atoms with Crippen molar-refractivity contribution < 1.29 is 9.53 Å². The number of halogens is 2. The Morgan fingerprint density at radius 2 is 1.78 bits per heavy atom. The van der Waals surface area contributed by atoms with Crippen molar-refractivity contribution in [2.24, 2.45) is 0 Å². The summed E-state index contributed by atoms with van der Waals surface area (Å²) in [7, 11) is 1.60. The van der Waals surface area contributed by atoms with Gasteiger partial charge in [0.15, 0.2) is 5.82 Å². The summed E-state index contributed by atoms with van der Waals surface area (Å²) < 4.78 is 7.59. The van der Waals surface area contributed by atoms with E-state index in [2.05, 4.69) is 26.0 Å². The van der Waals surface area contributed by atoms with Gasteiger partial charge in [0.25, 0.3) is 11.5 Å². The maximum atomic E-state index is 13.7.